The summed E-state index contributed by atoms with van der Waals surface area (Å²) >= 11 is 0. The van der Waals surface area contributed by atoms with Gasteiger partial charge < -0.3 is 9.84 Å². The quantitative estimate of drug-likeness (QED) is 0.591. The van der Waals surface area contributed by atoms with E-state index in [-0.39, 0.29) is 18.0 Å². The van der Waals surface area contributed by atoms with Gasteiger partial charge in [0.15, 0.2) is 5.75 Å². The van der Waals surface area contributed by atoms with Crippen molar-refractivity contribution in [1.82, 2.24) is 9.88 Å². The number of aliphatic hydroxyl groups excluding tert-OH is 1. The Morgan fingerprint density at radius 2 is 2.09 bits per heavy atom. The van der Waals surface area contributed by atoms with Crippen molar-refractivity contribution in [3.63, 3.8) is 0 Å². The van der Waals surface area contributed by atoms with E-state index >= 15 is 0 Å². The Labute approximate surface area is 134 Å². The van der Waals surface area contributed by atoms with E-state index in [0.717, 1.165) is 11.1 Å². The highest BCUT2D eigenvalue weighted by atomic mass is 16.6. The largest absolute Gasteiger partial charge is 0.490 e. The lowest BCUT2D eigenvalue weighted by Gasteiger charge is -2.21. The van der Waals surface area contributed by atoms with Crippen molar-refractivity contribution in [2.24, 2.45) is 0 Å². The van der Waals surface area contributed by atoms with E-state index in [2.05, 4.69) is 4.98 Å². The molecule has 0 saturated carbocycles. The van der Waals surface area contributed by atoms with Crippen LogP contribution in [0.15, 0.2) is 42.7 Å². The molecule has 1 N–H and O–H groups in total. The first-order chi connectivity index (χ1) is 11.1. The lowest BCUT2D eigenvalue weighted by molar-refractivity contribution is -0.385. The van der Waals surface area contributed by atoms with Gasteiger partial charge in [-0.15, -0.1) is 0 Å². The van der Waals surface area contributed by atoms with Crippen LogP contribution in [0.2, 0.25) is 0 Å². The number of hydrogen-bond donors (Lipinski definition) is 1. The lowest BCUT2D eigenvalue weighted by Crippen LogP contribution is -2.26. The summed E-state index contributed by atoms with van der Waals surface area (Å²) in [7, 11) is 1.41. The maximum atomic E-state index is 11.1. The molecule has 23 heavy (non-hydrogen) atoms. The number of ether oxygens (including phenoxy) is 1. The maximum absolute atomic E-state index is 11.1. The fourth-order valence-corrected chi connectivity index (χ4v) is 2.34. The van der Waals surface area contributed by atoms with Gasteiger partial charge >= 0.3 is 5.69 Å². The first kappa shape index (κ1) is 16.9. The van der Waals surface area contributed by atoms with Crippen LogP contribution in [0.5, 0.6) is 5.75 Å². The molecule has 0 aliphatic carbocycles. The van der Waals surface area contributed by atoms with Crippen LogP contribution in [0.25, 0.3) is 0 Å². The van der Waals surface area contributed by atoms with Gasteiger partial charge in [-0.2, -0.15) is 0 Å². The van der Waals surface area contributed by atoms with Crippen molar-refractivity contribution in [2.45, 2.75) is 13.1 Å². The molecule has 1 aromatic carbocycles. The topological polar surface area (TPSA) is 88.7 Å². The van der Waals surface area contributed by atoms with Crippen molar-refractivity contribution in [3.8, 4) is 5.75 Å². The Bertz CT molecular complexity index is 649. The van der Waals surface area contributed by atoms with Gasteiger partial charge in [-0.05, 0) is 23.3 Å². The summed E-state index contributed by atoms with van der Waals surface area (Å²) < 4.78 is 5.01. The third kappa shape index (κ3) is 4.73. The molecule has 0 unspecified atom stereocenters. The van der Waals surface area contributed by atoms with Gasteiger partial charge in [-0.1, -0.05) is 12.1 Å². The molecule has 122 valence electrons. The Balaban J connectivity index is 2.16. The van der Waals surface area contributed by atoms with E-state index in [9.17, 15) is 15.2 Å². The molecule has 0 spiro atoms. The predicted molar refractivity (Wildman–Crippen MR) is 85.1 cm³/mol. The number of hydrogen-bond acceptors (Lipinski definition) is 6. The number of methoxy groups -OCH3 is 1. The second-order valence-corrected chi connectivity index (χ2v) is 5.06. The molecule has 0 aliphatic rings. The molecule has 0 amide bonds. The summed E-state index contributed by atoms with van der Waals surface area (Å²) in [5.41, 5.74) is 1.74. The first-order valence-electron chi connectivity index (χ1n) is 7.17. The first-order valence-corrected chi connectivity index (χ1v) is 7.17. The summed E-state index contributed by atoms with van der Waals surface area (Å²) in [5.74, 6) is 0.236. The molecule has 0 aliphatic heterocycles. The zero-order chi connectivity index (χ0) is 16.7. The summed E-state index contributed by atoms with van der Waals surface area (Å²) in [6.45, 7) is 1.57. The molecule has 7 nitrogen and oxygen atoms in total. The van der Waals surface area contributed by atoms with Gasteiger partial charge in [0.25, 0.3) is 0 Å². The summed E-state index contributed by atoms with van der Waals surface area (Å²) in [6.07, 6.45) is 3.47. The van der Waals surface area contributed by atoms with E-state index in [0.29, 0.717) is 19.6 Å². The van der Waals surface area contributed by atoms with Crippen LogP contribution in [-0.4, -0.2) is 40.2 Å². The SMILES string of the molecule is COc1ccc(CN(CCO)Cc2cccnc2)cc1[N+](=O)[O-]. The number of nitro benzene ring substituents is 1. The van der Waals surface area contributed by atoms with Crippen molar-refractivity contribution in [2.75, 3.05) is 20.3 Å². The maximum Gasteiger partial charge on any atom is 0.311 e. The molecule has 0 fully saturated rings. The van der Waals surface area contributed by atoms with Crippen LogP contribution in [0, 0.1) is 10.1 Å². The van der Waals surface area contributed by atoms with Crippen LogP contribution in [0.1, 0.15) is 11.1 Å². The number of pyridine rings is 1. The lowest BCUT2D eigenvalue weighted by atomic mass is 10.1. The van der Waals surface area contributed by atoms with Gasteiger partial charge in [0.05, 0.1) is 18.6 Å². The molecule has 1 heterocycles. The zero-order valence-electron chi connectivity index (χ0n) is 12.9. The summed E-state index contributed by atoms with van der Waals surface area (Å²) in [4.78, 5) is 16.7. The highest BCUT2D eigenvalue weighted by Crippen LogP contribution is 2.28. The molecule has 0 saturated heterocycles. The number of nitrogens with zero attached hydrogens (tertiary/aromatic N) is 3. The minimum atomic E-state index is -0.459. The number of aromatic nitrogens is 1. The van der Waals surface area contributed by atoms with Crippen LogP contribution in [0.4, 0.5) is 5.69 Å². The Morgan fingerprint density at radius 1 is 1.30 bits per heavy atom. The number of nitro groups is 1. The fraction of sp³-hybridized carbons (Fsp3) is 0.312. The summed E-state index contributed by atoms with van der Waals surface area (Å²) in [5, 5.41) is 20.3. The molecule has 2 aromatic rings. The third-order valence-electron chi connectivity index (χ3n) is 3.39. The zero-order valence-corrected chi connectivity index (χ0v) is 12.9. The van der Waals surface area contributed by atoms with E-state index in [1.165, 1.54) is 13.2 Å². The normalized spacial score (nSPS) is 10.7. The molecular formula is C16H19N3O4. The average Bonchev–Trinajstić information content (AvgIpc) is 2.56. The number of aliphatic hydroxyl groups is 1. The molecule has 2 rings (SSSR count). The highest BCUT2D eigenvalue weighted by molar-refractivity contribution is 5.48. The molecular weight excluding hydrogens is 298 g/mol. The average molecular weight is 317 g/mol. The van der Waals surface area contributed by atoms with Gasteiger partial charge in [0, 0.05) is 38.1 Å². The van der Waals surface area contributed by atoms with Crippen LogP contribution in [0.3, 0.4) is 0 Å². The van der Waals surface area contributed by atoms with Gasteiger partial charge in [-0.3, -0.25) is 20.0 Å². The van der Waals surface area contributed by atoms with Crippen molar-refractivity contribution >= 4 is 5.69 Å². The van der Waals surface area contributed by atoms with Crippen molar-refractivity contribution in [3.05, 3.63) is 64.0 Å². The van der Waals surface area contributed by atoms with Crippen molar-refractivity contribution < 1.29 is 14.8 Å². The Morgan fingerprint density at radius 3 is 2.70 bits per heavy atom. The molecule has 1 aromatic heterocycles. The van der Waals surface area contributed by atoms with Crippen molar-refractivity contribution in [1.29, 1.82) is 0 Å². The predicted octanol–water partition coefficient (Wildman–Crippen LogP) is 1.99. The monoisotopic (exact) mass is 317 g/mol. The molecule has 7 heteroatoms. The summed E-state index contributed by atoms with van der Waals surface area (Å²) in [6, 6.07) is 8.69. The van der Waals surface area contributed by atoms with E-state index in [1.807, 2.05) is 17.0 Å². The minimum absolute atomic E-state index is 0.0124. The van der Waals surface area contributed by atoms with Gasteiger partial charge in [-0.25, -0.2) is 0 Å². The van der Waals surface area contributed by atoms with E-state index in [1.54, 1.807) is 24.5 Å². The fourth-order valence-electron chi connectivity index (χ4n) is 2.34. The molecule has 0 radical (unpaired) electrons. The minimum Gasteiger partial charge on any atom is -0.490 e. The van der Waals surface area contributed by atoms with E-state index < -0.39 is 4.92 Å². The van der Waals surface area contributed by atoms with Crippen LogP contribution < -0.4 is 4.74 Å². The van der Waals surface area contributed by atoms with Crippen LogP contribution >= 0.6 is 0 Å². The van der Waals surface area contributed by atoms with Gasteiger partial charge in [0.2, 0.25) is 0 Å². The number of rotatable bonds is 8. The van der Waals surface area contributed by atoms with Crippen LogP contribution in [-0.2, 0) is 13.1 Å². The Hall–Kier alpha value is -2.51. The Kier molecular flexibility index (Phi) is 6.02. The molecule has 0 atom stereocenters. The second kappa shape index (κ2) is 8.21. The third-order valence-corrected chi connectivity index (χ3v) is 3.39. The standard InChI is InChI=1S/C16H19N3O4/c1-23-16-5-4-13(9-15(16)19(21)22)11-18(7-8-20)12-14-3-2-6-17-10-14/h2-6,9-10,20H,7-8,11-12H2,1H3. The highest BCUT2D eigenvalue weighted by Gasteiger charge is 2.16. The number of benzene rings is 1. The van der Waals surface area contributed by atoms with E-state index in [4.69, 9.17) is 4.74 Å². The van der Waals surface area contributed by atoms with Gasteiger partial charge in [0.1, 0.15) is 0 Å². The smallest absolute Gasteiger partial charge is 0.311 e. The molecule has 0 bridgehead atoms. The second-order valence-electron chi connectivity index (χ2n) is 5.06.